The molecule has 0 fully saturated rings. The Labute approximate surface area is 103 Å². The fourth-order valence-electron chi connectivity index (χ4n) is 1.53. The van der Waals surface area contributed by atoms with Crippen molar-refractivity contribution in [3.63, 3.8) is 0 Å². The highest BCUT2D eigenvalue weighted by molar-refractivity contribution is 5.75. The SMILES string of the molecule is COC(=O)C(OCc1ccccc1)C(C)(C)C. The summed E-state index contributed by atoms with van der Waals surface area (Å²) in [5, 5.41) is 0. The smallest absolute Gasteiger partial charge is 0.335 e. The number of hydrogen-bond donors (Lipinski definition) is 0. The highest BCUT2D eigenvalue weighted by Gasteiger charge is 2.33. The van der Waals surface area contributed by atoms with Gasteiger partial charge in [-0.25, -0.2) is 4.79 Å². The average molecular weight is 236 g/mol. The fourth-order valence-corrected chi connectivity index (χ4v) is 1.53. The predicted octanol–water partition coefficient (Wildman–Crippen LogP) is 2.79. The molecule has 0 saturated heterocycles. The van der Waals surface area contributed by atoms with Crippen LogP contribution >= 0.6 is 0 Å². The minimum atomic E-state index is -0.548. The largest absolute Gasteiger partial charge is 0.467 e. The molecule has 0 N–H and O–H groups in total. The first-order valence-electron chi connectivity index (χ1n) is 5.68. The van der Waals surface area contributed by atoms with Gasteiger partial charge in [-0.05, 0) is 11.0 Å². The molecule has 1 rings (SSSR count). The minimum absolute atomic E-state index is 0.276. The van der Waals surface area contributed by atoms with Crippen LogP contribution in [-0.4, -0.2) is 19.2 Å². The zero-order valence-electron chi connectivity index (χ0n) is 10.9. The molecule has 0 spiro atoms. The lowest BCUT2D eigenvalue weighted by Gasteiger charge is -2.28. The van der Waals surface area contributed by atoms with Gasteiger partial charge in [0.25, 0.3) is 0 Å². The molecule has 94 valence electrons. The van der Waals surface area contributed by atoms with Crippen molar-refractivity contribution in [2.45, 2.75) is 33.5 Å². The van der Waals surface area contributed by atoms with E-state index in [4.69, 9.17) is 9.47 Å². The van der Waals surface area contributed by atoms with Crippen LogP contribution in [0.15, 0.2) is 30.3 Å². The van der Waals surface area contributed by atoms with Gasteiger partial charge >= 0.3 is 5.97 Å². The van der Waals surface area contributed by atoms with Crippen molar-refractivity contribution in [3.05, 3.63) is 35.9 Å². The Balaban J connectivity index is 2.65. The fraction of sp³-hybridized carbons (Fsp3) is 0.500. The van der Waals surface area contributed by atoms with Crippen molar-refractivity contribution in [2.24, 2.45) is 5.41 Å². The third-order valence-corrected chi connectivity index (χ3v) is 2.46. The van der Waals surface area contributed by atoms with Crippen LogP contribution in [0.1, 0.15) is 26.3 Å². The summed E-state index contributed by atoms with van der Waals surface area (Å²) in [5.41, 5.74) is 0.771. The first-order chi connectivity index (χ1) is 7.95. The molecule has 1 aromatic rings. The number of methoxy groups -OCH3 is 1. The maximum atomic E-state index is 11.6. The molecule has 0 bridgehead atoms. The van der Waals surface area contributed by atoms with Crippen molar-refractivity contribution in [1.29, 1.82) is 0 Å². The van der Waals surface area contributed by atoms with Crippen LogP contribution in [0.3, 0.4) is 0 Å². The Hall–Kier alpha value is -1.35. The number of ether oxygens (including phenoxy) is 2. The zero-order valence-corrected chi connectivity index (χ0v) is 10.9. The second-order valence-corrected chi connectivity index (χ2v) is 5.07. The van der Waals surface area contributed by atoms with Crippen molar-refractivity contribution in [1.82, 2.24) is 0 Å². The second-order valence-electron chi connectivity index (χ2n) is 5.07. The second kappa shape index (κ2) is 5.82. The van der Waals surface area contributed by atoms with Gasteiger partial charge in [-0.1, -0.05) is 51.1 Å². The van der Waals surface area contributed by atoms with Crippen LogP contribution in [-0.2, 0) is 20.9 Å². The molecule has 0 aliphatic heterocycles. The maximum absolute atomic E-state index is 11.6. The molecule has 0 aromatic heterocycles. The van der Waals surface area contributed by atoms with Gasteiger partial charge in [-0.2, -0.15) is 0 Å². The molecule has 0 radical (unpaired) electrons. The molecule has 1 unspecified atom stereocenters. The summed E-state index contributed by atoms with van der Waals surface area (Å²) >= 11 is 0. The van der Waals surface area contributed by atoms with E-state index in [1.54, 1.807) is 0 Å². The Morgan fingerprint density at radius 2 is 1.82 bits per heavy atom. The van der Waals surface area contributed by atoms with Gasteiger partial charge < -0.3 is 9.47 Å². The lowest BCUT2D eigenvalue weighted by atomic mass is 9.89. The van der Waals surface area contributed by atoms with Gasteiger partial charge in [0.2, 0.25) is 0 Å². The minimum Gasteiger partial charge on any atom is -0.467 e. The van der Waals surface area contributed by atoms with Crippen LogP contribution < -0.4 is 0 Å². The average Bonchev–Trinajstić information content (AvgIpc) is 2.28. The van der Waals surface area contributed by atoms with Gasteiger partial charge in [-0.15, -0.1) is 0 Å². The van der Waals surface area contributed by atoms with E-state index in [2.05, 4.69) is 0 Å². The summed E-state index contributed by atoms with van der Waals surface area (Å²) in [6.45, 7) is 6.29. The predicted molar refractivity (Wildman–Crippen MR) is 66.5 cm³/mol. The third kappa shape index (κ3) is 4.19. The van der Waals surface area contributed by atoms with Crippen LogP contribution in [0, 0.1) is 5.41 Å². The number of esters is 1. The van der Waals surface area contributed by atoms with E-state index >= 15 is 0 Å². The molecule has 0 amide bonds. The molecule has 1 atom stereocenters. The molecular weight excluding hydrogens is 216 g/mol. The van der Waals surface area contributed by atoms with Gasteiger partial charge in [0.1, 0.15) is 0 Å². The maximum Gasteiger partial charge on any atom is 0.335 e. The van der Waals surface area contributed by atoms with E-state index in [1.807, 2.05) is 51.1 Å². The summed E-state index contributed by atoms with van der Waals surface area (Å²) in [5.74, 6) is -0.326. The lowest BCUT2D eigenvalue weighted by Crippen LogP contribution is -2.37. The molecule has 0 aliphatic rings. The highest BCUT2D eigenvalue weighted by Crippen LogP contribution is 2.24. The van der Waals surface area contributed by atoms with Crippen molar-refractivity contribution in [2.75, 3.05) is 7.11 Å². The van der Waals surface area contributed by atoms with Crippen LogP contribution in [0.25, 0.3) is 0 Å². The Morgan fingerprint density at radius 3 is 2.29 bits per heavy atom. The Morgan fingerprint density at radius 1 is 1.24 bits per heavy atom. The number of carbonyl (C=O) groups is 1. The van der Waals surface area contributed by atoms with E-state index in [1.165, 1.54) is 7.11 Å². The van der Waals surface area contributed by atoms with Crippen LogP contribution in [0.2, 0.25) is 0 Å². The van der Waals surface area contributed by atoms with Crippen molar-refractivity contribution in [3.8, 4) is 0 Å². The first-order valence-corrected chi connectivity index (χ1v) is 5.68. The van der Waals surface area contributed by atoms with E-state index in [9.17, 15) is 4.79 Å². The number of rotatable bonds is 4. The van der Waals surface area contributed by atoms with Gasteiger partial charge in [0.05, 0.1) is 13.7 Å². The van der Waals surface area contributed by atoms with Crippen molar-refractivity contribution >= 4 is 5.97 Å². The molecule has 3 heteroatoms. The normalized spacial score (nSPS) is 13.2. The monoisotopic (exact) mass is 236 g/mol. The molecule has 17 heavy (non-hydrogen) atoms. The van der Waals surface area contributed by atoms with Crippen LogP contribution in [0.4, 0.5) is 0 Å². The Bertz CT molecular complexity index is 351. The van der Waals surface area contributed by atoms with Gasteiger partial charge in [0, 0.05) is 0 Å². The topological polar surface area (TPSA) is 35.5 Å². The quantitative estimate of drug-likeness (QED) is 0.754. The van der Waals surface area contributed by atoms with E-state index in [0.717, 1.165) is 5.56 Å². The van der Waals surface area contributed by atoms with Crippen LogP contribution in [0.5, 0.6) is 0 Å². The molecule has 0 heterocycles. The van der Waals surface area contributed by atoms with Gasteiger partial charge in [-0.3, -0.25) is 0 Å². The standard InChI is InChI=1S/C14H20O3/c1-14(2,3)12(13(15)16-4)17-10-11-8-6-5-7-9-11/h5-9,12H,10H2,1-4H3. The van der Waals surface area contributed by atoms with E-state index in [-0.39, 0.29) is 11.4 Å². The van der Waals surface area contributed by atoms with Crippen molar-refractivity contribution < 1.29 is 14.3 Å². The molecule has 0 saturated carbocycles. The number of carbonyl (C=O) groups excluding carboxylic acids is 1. The molecule has 3 nitrogen and oxygen atoms in total. The number of hydrogen-bond acceptors (Lipinski definition) is 3. The zero-order chi connectivity index (χ0) is 12.9. The summed E-state index contributed by atoms with van der Waals surface area (Å²) < 4.78 is 10.4. The number of benzene rings is 1. The van der Waals surface area contributed by atoms with E-state index in [0.29, 0.717) is 6.61 Å². The summed E-state index contributed by atoms with van der Waals surface area (Å²) in [4.78, 5) is 11.6. The first kappa shape index (κ1) is 13.7. The third-order valence-electron chi connectivity index (χ3n) is 2.46. The molecular formula is C14H20O3. The molecule has 0 aliphatic carbocycles. The highest BCUT2D eigenvalue weighted by atomic mass is 16.6. The lowest BCUT2D eigenvalue weighted by molar-refractivity contribution is -0.163. The summed E-state index contributed by atoms with van der Waals surface area (Å²) in [7, 11) is 1.38. The van der Waals surface area contributed by atoms with E-state index < -0.39 is 6.10 Å². The van der Waals surface area contributed by atoms with Gasteiger partial charge in [0.15, 0.2) is 6.10 Å². The summed E-state index contributed by atoms with van der Waals surface area (Å²) in [6, 6.07) is 9.78. The Kier molecular flexibility index (Phi) is 4.70. The molecule has 1 aromatic carbocycles. The summed E-state index contributed by atoms with van der Waals surface area (Å²) in [6.07, 6.45) is -0.548.